The van der Waals surface area contributed by atoms with E-state index >= 15 is 0 Å². The molecule has 0 N–H and O–H groups in total. The van der Waals surface area contributed by atoms with Crippen LogP contribution < -0.4 is 9.47 Å². The molecule has 0 aliphatic heterocycles. The molecule has 1 aliphatic rings. The van der Waals surface area contributed by atoms with E-state index in [1.807, 2.05) is 0 Å². The van der Waals surface area contributed by atoms with Crippen molar-refractivity contribution in [3.8, 4) is 11.1 Å². The highest BCUT2D eigenvalue weighted by Gasteiger charge is 2.17. The zero-order valence-electron chi connectivity index (χ0n) is 11.4. The van der Waals surface area contributed by atoms with Gasteiger partial charge in [0.25, 0.3) is 11.6 Å². The average molecular weight is 314 g/mol. The van der Waals surface area contributed by atoms with Crippen molar-refractivity contribution in [2.75, 3.05) is 6.61 Å². The lowest BCUT2D eigenvalue weighted by atomic mass is 9.98. The maximum atomic E-state index is 12.1. The monoisotopic (exact) mass is 314 g/mol. The summed E-state index contributed by atoms with van der Waals surface area (Å²) in [5.41, 5.74) is 0.704. The summed E-state index contributed by atoms with van der Waals surface area (Å²) in [6, 6.07) is 1.63. The molecule has 0 bridgehead atoms. The van der Waals surface area contributed by atoms with E-state index in [-0.39, 0.29) is 12.0 Å². The van der Waals surface area contributed by atoms with Crippen LogP contribution >= 0.6 is 11.3 Å². The van der Waals surface area contributed by atoms with Crippen molar-refractivity contribution in [3.63, 3.8) is 0 Å². The molecular weight excluding hydrogens is 298 g/mol. The number of rotatable bonds is 5. The lowest BCUT2D eigenvalue weighted by Crippen LogP contribution is -2.19. The van der Waals surface area contributed by atoms with Crippen molar-refractivity contribution in [1.82, 2.24) is 9.97 Å². The summed E-state index contributed by atoms with van der Waals surface area (Å²) in [5.74, 6) is 0.190. The molecule has 0 amide bonds. The fraction of sp³-hybridized carbons (Fsp3) is 0.571. The van der Waals surface area contributed by atoms with Crippen LogP contribution in [0.25, 0.3) is 10.2 Å². The zero-order valence-corrected chi connectivity index (χ0v) is 12.2. The first kappa shape index (κ1) is 14.4. The number of hydrogen-bond acceptors (Lipinski definition) is 5. The Morgan fingerprint density at radius 2 is 2.10 bits per heavy atom. The summed E-state index contributed by atoms with van der Waals surface area (Å²) in [4.78, 5) is 8.35. The maximum Gasteiger partial charge on any atom is 0.274 e. The molecule has 2 aromatic heterocycles. The molecule has 0 saturated heterocycles. The molecule has 7 heteroatoms. The van der Waals surface area contributed by atoms with E-state index in [0.717, 1.165) is 17.5 Å². The van der Waals surface area contributed by atoms with Crippen molar-refractivity contribution in [2.24, 2.45) is 0 Å². The molecule has 114 valence electrons. The fourth-order valence-electron chi connectivity index (χ4n) is 2.40. The van der Waals surface area contributed by atoms with Crippen LogP contribution in [0.5, 0.6) is 11.1 Å². The van der Waals surface area contributed by atoms with Crippen LogP contribution in [0.1, 0.15) is 32.1 Å². The van der Waals surface area contributed by atoms with E-state index in [1.54, 1.807) is 6.07 Å². The van der Waals surface area contributed by atoms with Crippen LogP contribution in [0, 0.1) is 0 Å². The minimum Gasteiger partial charge on any atom is -0.472 e. The lowest BCUT2D eigenvalue weighted by Gasteiger charge is -2.21. The van der Waals surface area contributed by atoms with E-state index in [9.17, 15) is 8.78 Å². The molecule has 0 aromatic carbocycles. The van der Waals surface area contributed by atoms with Gasteiger partial charge in [0.15, 0.2) is 6.61 Å². The zero-order chi connectivity index (χ0) is 14.7. The Kier molecular flexibility index (Phi) is 4.48. The van der Waals surface area contributed by atoms with E-state index < -0.39 is 13.0 Å². The summed E-state index contributed by atoms with van der Waals surface area (Å²) >= 11 is 1.40. The van der Waals surface area contributed by atoms with Crippen LogP contribution in [0.3, 0.4) is 0 Å². The van der Waals surface area contributed by atoms with Crippen molar-refractivity contribution in [3.05, 3.63) is 12.3 Å². The number of ether oxygens (including phenoxy) is 2. The second-order valence-corrected chi connectivity index (χ2v) is 6.04. The van der Waals surface area contributed by atoms with Gasteiger partial charge in [-0.2, -0.15) is 0 Å². The van der Waals surface area contributed by atoms with Crippen LogP contribution in [-0.4, -0.2) is 29.1 Å². The summed E-state index contributed by atoms with van der Waals surface area (Å²) < 4.78 is 35.9. The van der Waals surface area contributed by atoms with Gasteiger partial charge < -0.3 is 9.47 Å². The Bertz CT molecular complexity index is 600. The molecule has 1 aliphatic carbocycles. The topological polar surface area (TPSA) is 44.2 Å². The highest BCUT2D eigenvalue weighted by molar-refractivity contribution is 7.20. The quantitative estimate of drug-likeness (QED) is 0.835. The predicted octanol–water partition coefficient (Wildman–Crippen LogP) is 4.05. The smallest absolute Gasteiger partial charge is 0.274 e. The summed E-state index contributed by atoms with van der Waals surface area (Å²) in [6.45, 7) is -0.650. The van der Waals surface area contributed by atoms with Gasteiger partial charge >= 0.3 is 0 Å². The SMILES string of the molecule is FC(F)COc1cc2sc(OC3CCCCC3)nc2cn1. The van der Waals surface area contributed by atoms with E-state index in [4.69, 9.17) is 9.47 Å². The molecule has 4 nitrogen and oxygen atoms in total. The number of fused-ring (bicyclic) bond motifs is 1. The molecule has 0 spiro atoms. The number of nitrogens with zero attached hydrogens (tertiary/aromatic N) is 2. The Labute approximate surface area is 125 Å². The second-order valence-electron chi connectivity index (χ2n) is 5.05. The molecule has 21 heavy (non-hydrogen) atoms. The van der Waals surface area contributed by atoms with Crippen molar-refractivity contribution >= 4 is 21.6 Å². The number of hydrogen-bond donors (Lipinski definition) is 0. The molecule has 2 heterocycles. The number of alkyl halides is 2. The normalized spacial score (nSPS) is 16.5. The molecule has 0 unspecified atom stereocenters. The third-order valence-corrected chi connectivity index (χ3v) is 4.32. The largest absolute Gasteiger partial charge is 0.472 e. The number of halogens is 2. The van der Waals surface area contributed by atoms with Gasteiger partial charge in [0, 0.05) is 6.07 Å². The van der Waals surface area contributed by atoms with Crippen molar-refractivity contribution in [1.29, 1.82) is 0 Å². The van der Waals surface area contributed by atoms with Crippen LogP contribution in [0.4, 0.5) is 8.78 Å². The minimum absolute atomic E-state index is 0.190. The molecule has 0 atom stereocenters. The van der Waals surface area contributed by atoms with Gasteiger partial charge in [-0.15, -0.1) is 0 Å². The lowest BCUT2D eigenvalue weighted by molar-refractivity contribution is 0.0797. The third-order valence-electron chi connectivity index (χ3n) is 3.41. The van der Waals surface area contributed by atoms with E-state index in [0.29, 0.717) is 10.7 Å². The first-order valence-electron chi connectivity index (χ1n) is 7.05. The third kappa shape index (κ3) is 3.78. The number of pyridine rings is 1. The number of aromatic nitrogens is 2. The van der Waals surface area contributed by atoms with Crippen molar-refractivity contribution in [2.45, 2.75) is 44.6 Å². The fourth-order valence-corrected chi connectivity index (χ4v) is 3.27. The minimum atomic E-state index is -2.51. The van der Waals surface area contributed by atoms with Gasteiger partial charge in [-0.25, -0.2) is 18.7 Å². The maximum absolute atomic E-state index is 12.1. The van der Waals surface area contributed by atoms with Crippen LogP contribution in [0.2, 0.25) is 0 Å². The van der Waals surface area contributed by atoms with Gasteiger partial charge in [-0.3, -0.25) is 0 Å². The first-order valence-corrected chi connectivity index (χ1v) is 7.86. The van der Waals surface area contributed by atoms with E-state index in [2.05, 4.69) is 9.97 Å². The predicted molar refractivity (Wildman–Crippen MR) is 76.4 cm³/mol. The van der Waals surface area contributed by atoms with Gasteiger partial charge in [0.1, 0.15) is 11.6 Å². The Balaban J connectivity index is 1.70. The van der Waals surface area contributed by atoms with Gasteiger partial charge in [-0.05, 0) is 25.7 Å². The van der Waals surface area contributed by atoms with Crippen LogP contribution in [0.15, 0.2) is 12.3 Å². The van der Waals surface area contributed by atoms with Crippen LogP contribution in [-0.2, 0) is 0 Å². The van der Waals surface area contributed by atoms with Gasteiger partial charge in [0.2, 0.25) is 5.88 Å². The molecule has 1 fully saturated rings. The summed E-state index contributed by atoms with van der Waals surface area (Å²) in [7, 11) is 0. The first-order chi connectivity index (χ1) is 10.2. The Morgan fingerprint density at radius 1 is 1.29 bits per heavy atom. The Morgan fingerprint density at radius 3 is 2.86 bits per heavy atom. The van der Waals surface area contributed by atoms with E-state index in [1.165, 1.54) is 36.8 Å². The standard InChI is InChI=1S/C14H16F2N2O2S/c15-12(16)8-19-13-6-11-10(7-17-13)18-14(21-11)20-9-4-2-1-3-5-9/h6-7,9,12H,1-5,8H2. The number of thiazole rings is 1. The highest BCUT2D eigenvalue weighted by Crippen LogP contribution is 2.32. The molecular formula is C14H16F2N2O2S. The molecule has 2 aromatic rings. The molecule has 1 saturated carbocycles. The Hall–Kier alpha value is -1.50. The summed E-state index contributed by atoms with van der Waals surface area (Å²) in [6.07, 6.45) is 5.06. The van der Waals surface area contributed by atoms with Gasteiger partial charge in [-0.1, -0.05) is 17.8 Å². The molecule has 0 radical (unpaired) electrons. The molecule has 3 rings (SSSR count). The van der Waals surface area contributed by atoms with Gasteiger partial charge in [0.05, 0.1) is 10.9 Å². The average Bonchev–Trinajstić information content (AvgIpc) is 2.87. The second kappa shape index (κ2) is 6.51. The highest BCUT2D eigenvalue weighted by atomic mass is 32.1. The summed E-state index contributed by atoms with van der Waals surface area (Å²) in [5, 5.41) is 0.615. The van der Waals surface area contributed by atoms with Crippen molar-refractivity contribution < 1.29 is 18.3 Å².